The summed E-state index contributed by atoms with van der Waals surface area (Å²) in [5, 5.41) is 5.71. The average molecular weight is 491 g/mol. The zero-order chi connectivity index (χ0) is 17.5. The second kappa shape index (κ2) is 10.9. The van der Waals surface area contributed by atoms with Crippen molar-refractivity contribution in [3.8, 4) is 0 Å². The number of nitrogens with one attached hydrogen (secondary N) is 1. The van der Waals surface area contributed by atoms with Gasteiger partial charge in [-0.3, -0.25) is 4.99 Å². The Morgan fingerprint density at radius 1 is 1.38 bits per heavy atom. The number of hydrogen-bond donors (Lipinski definition) is 1. The van der Waals surface area contributed by atoms with Crippen LogP contribution in [0.25, 0.3) is 0 Å². The highest BCUT2D eigenvalue weighted by Crippen LogP contribution is 2.41. The van der Waals surface area contributed by atoms with Gasteiger partial charge in [-0.05, 0) is 37.6 Å². The van der Waals surface area contributed by atoms with Crippen molar-refractivity contribution in [3.05, 3.63) is 22.4 Å². The summed E-state index contributed by atoms with van der Waals surface area (Å²) in [6.07, 6.45) is 7.76. The van der Waals surface area contributed by atoms with Crippen molar-refractivity contribution >= 4 is 41.3 Å². The van der Waals surface area contributed by atoms with Crippen LogP contribution in [0.2, 0.25) is 0 Å². The summed E-state index contributed by atoms with van der Waals surface area (Å²) in [6, 6.07) is 4.51. The Kier molecular flexibility index (Phi) is 9.17. The molecule has 2 aliphatic rings. The van der Waals surface area contributed by atoms with Crippen LogP contribution in [0.4, 0.5) is 0 Å². The second-order valence-corrected chi connectivity index (χ2v) is 8.55. The van der Waals surface area contributed by atoms with Crippen LogP contribution in [0.3, 0.4) is 0 Å². The Bertz CT molecular complexity index is 537. The van der Waals surface area contributed by atoms with Crippen LogP contribution in [-0.2, 0) is 10.2 Å². The number of guanidine groups is 1. The van der Waals surface area contributed by atoms with E-state index in [1.54, 1.807) is 0 Å². The fourth-order valence-corrected chi connectivity index (χ4v) is 5.17. The number of ether oxygens (including phenoxy) is 1. The molecule has 1 aliphatic heterocycles. The number of nitrogens with zero attached hydrogens (tertiary/aromatic N) is 2. The van der Waals surface area contributed by atoms with E-state index in [4.69, 9.17) is 9.73 Å². The summed E-state index contributed by atoms with van der Waals surface area (Å²) < 4.78 is 5.53. The molecule has 1 N–H and O–H groups in total. The van der Waals surface area contributed by atoms with Gasteiger partial charge in [0.25, 0.3) is 0 Å². The lowest BCUT2D eigenvalue weighted by Crippen LogP contribution is -2.43. The number of hydrogen-bond acceptors (Lipinski definition) is 3. The molecule has 0 spiro atoms. The quantitative estimate of drug-likeness (QED) is 0.362. The summed E-state index contributed by atoms with van der Waals surface area (Å²) in [7, 11) is 2.17. The van der Waals surface area contributed by atoms with Crippen molar-refractivity contribution in [1.29, 1.82) is 0 Å². The highest BCUT2D eigenvalue weighted by molar-refractivity contribution is 14.0. The molecule has 1 saturated heterocycles. The lowest BCUT2D eigenvalue weighted by Gasteiger charge is -2.36. The molecular weight excluding hydrogens is 457 g/mol. The van der Waals surface area contributed by atoms with Gasteiger partial charge in [-0.1, -0.05) is 25.3 Å². The van der Waals surface area contributed by atoms with Crippen molar-refractivity contribution in [2.75, 3.05) is 39.9 Å². The third kappa shape index (κ3) is 5.58. The molecule has 0 aromatic carbocycles. The summed E-state index contributed by atoms with van der Waals surface area (Å²) in [5.41, 5.74) is 0.254. The van der Waals surface area contributed by atoms with Crippen molar-refractivity contribution in [2.45, 2.75) is 50.9 Å². The van der Waals surface area contributed by atoms with Crippen molar-refractivity contribution < 1.29 is 4.74 Å². The van der Waals surface area contributed by atoms with Gasteiger partial charge in [-0.15, -0.1) is 35.3 Å². The van der Waals surface area contributed by atoms with E-state index in [2.05, 4.69) is 41.7 Å². The fraction of sp³-hybridized carbons (Fsp3) is 0.750. The molecule has 1 unspecified atom stereocenters. The zero-order valence-corrected chi connectivity index (χ0v) is 19.4. The van der Waals surface area contributed by atoms with Crippen LogP contribution < -0.4 is 5.32 Å². The first kappa shape index (κ1) is 22.0. The molecule has 1 aromatic heterocycles. The lowest BCUT2D eigenvalue weighted by atomic mass is 9.73. The Hall–Kier alpha value is -0.340. The molecule has 4 nitrogen and oxygen atoms in total. The smallest absolute Gasteiger partial charge is 0.193 e. The maximum absolute atomic E-state index is 5.53. The SMILES string of the molecule is CCNC(=NCC1(c2cccs2)CCCCC1)N(C)CC1CCOC1.I. The van der Waals surface area contributed by atoms with Crippen LogP contribution in [-0.4, -0.2) is 50.8 Å². The molecule has 148 valence electrons. The average Bonchev–Trinajstić information content (AvgIpc) is 3.33. The minimum atomic E-state index is 0. The molecule has 6 heteroatoms. The molecule has 0 radical (unpaired) electrons. The van der Waals surface area contributed by atoms with Gasteiger partial charge in [-0.25, -0.2) is 0 Å². The number of rotatable bonds is 6. The highest BCUT2D eigenvalue weighted by Gasteiger charge is 2.35. The largest absolute Gasteiger partial charge is 0.381 e. The maximum atomic E-state index is 5.53. The van der Waals surface area contributed by atoms with Crippen LogP contribution in [0.1, 0.15) is 50.3 Å². The van der Waals surface area contributed by atoms with Gasteiger partial charge in [-0.2, -0.15) is 0 Å². The van der Waals surface area contributed by atoms with E-state index in [1.807, 2.05) is 11.3 Å². The van der Waals surface area contributed by atoms with E-state index in [0.29, 0.717) is 5.92 Å². The predicted octanol–water partition coefficient (Wildman–Crippen LogP) is 4.50. The molecule has 1 aliphatic carbocycles. The number of aliphatic imine (C=N–C) groups is 1. The fourth-order valence-electron chi connectivity index (χ4n) is 4.19. The van der Waals surface area contributed by atoms with Crippen LogP contribution in [0.15, 0.2) is 22.5 Å². The minimum Gasteiger partial charge on any atom is -0.381 e. The van der Waals surface area contributed by atoms with Gasteiger partial charge in [0.1, 0.15) is 0 Å². The number of thiophene rings is 1. The first-order chi connectivity index (χ1) is 12.2. The Morgan fingerprint density at radius 3 is 2.81 bits per heavy atom. The van der Waals surface area contributed by atoms with Gasteiger partial charge in [0.2, 0.25) is 0 Å². The summed E-state index contributed by atoms with van der Waals surface area (Å²) in [4.78, 5) is 8.93. The van der Waals surface area contributed by atoms with Crippen molar-refractivity contribution in [1.82, 2.24) is 10.2 Å². The predicted molar refractivity (Wildman–Crippen MR) is 122 cm³/mol. The normalized spacial score (nSPS) is 22.7. The topological polar surface area (TPSA) is 36.9 Å². The number of halogens is 1. The summed E-state index contributed by atoms with van der Waals surface area (Å²) in [6.45, 7) is 6.80. The van der Waals surface area contributed by atoms with E-state index in [1.165, 1.54) is 43.4 Å². The van der Waals surface area contributed by atoms with Gasteiger partial charge >= 0.3 is 0 Å². The monoisotopic (exact) mass is 491 g/mol. The molecule has 0 bridgehead atoms. The van der Waals surface area contributed by atoms with Crippen molar-refractivity contribution in [2.24, 2.45) is 10.9 Å². The first-order valence-electron chi connectivity index (χ1n) is 9.85. The maximum Gasteiger partial charge on any atom is 0.193 e. The Morgan fingerprint density at radius 2 is 2.19 bits per heavy atom. The summed E-state index contributed by atoms with van der Waals surface area (Å²) >= 11 is 1.91. The molecule has 1 saturated carbocycles. The van der Waals surface area contributed by atoms with E-state index in [9.17, 15) is 0 Å². The molecule has 3 rings (SSSR count). The molecule has 26 heavy (non-hydrogen) atoms. The van der Waals surface area contributed by atoms with Gasteiger partial charge < -0.3 is 15.0 Å². The van der Waals surface area contributed by atoms with Crippen LogP contribution >= 0.6 is 35.3 Å². The lowest BCUT2D eigenvalue weighted by molar-refractivity contribution is 0.181. The minimum absolute atomic E-state index is 0. The van der Waals surface area contributed by atoms with Gasteiger partial charge in [0.15, 0.2) is 5.96 Å². The first-order valence-corrected chi connectivity index (χ1v) is 10.7. The van der Waals surface area contributed by atoms with E-state index >= 15 is 0 Å². The van der Waals surface area contributed by atoms with E-state index in [0.717, 1.165) is 38.8 Å². The second-order valence-electron chi connectivity index (χ2n) is 7.60. The molecule has 1 aromatic rings. The highest BCUT2D eigenvalue weighted by atomic mass is 127. The molecule has 2 fully saturated rings. The van der Waals surface area contributed by atoms with Crippen LogP contribution in [0.5, 0.6) is 0 Å². The molecule has 2 heterocycles. The Balaban J connectivity index is 0.00000243. The third-order valence-electron chi connectivity index (χ3n) is 5.64. The third-order valence-corrected chi connectivity index (χ3v) is 6.75. The zero-order valence-electron chi connectivity index (χ0n) is 16.2. The van der Waals surface area contributed by atoms with Gasteiger partial charge in [0, 0.05) is 43.0 Å². The summed E-state index contributed by atoms with van der Waals surface area (Å²) in [5.74, 6) is 1.69. The Labute approximate surface area is 179 Å². The molecule has 0 amide bonds. The van der Waals surface area contributed by atoms with Gasteiger partial charge in [0.05, 0.1) is 13.2 Å². The molecule has 1 atom stereocenters. The van der Waals surface area contributed by atoms with E-state index in [-0.39, 0.29) is 29.4 Å². The van der Waals surface area contributed by atoms with Crippen molar-refractivity contribution in [3.63, 3.8) is 0 Å². The molecular formula is C20H34IN3OS. The van der Waals surface area contributed by atoms with E-state index < -0.39 is 0 Å². The standard InChI is InChI=1S/C20H33N3OS.HI/c1-3-21-19(23(2)14-17-9-12-24-15-17)22-16-20(10-5-4-6-11-20)18-8-7-13-25-18;/h7-8,13,17H,3-6,9-12,14-16H2,1-2H3,(H,21,22);1H. The van der Waals surface area contributed by atoms with Crippen LogP contribution in [0, 0.1) is 5.92 Å².